The topological polar surface area (TPSA) is 170 Å². The maximum Gasteiger partial charge on any atom is 0.346 e. The maximum atomic E-state index is 12.9. The molecule has 0 bridgehead atoms. The first-order chi connectivity index (χ1) is 18.6. The highest BCUT2D eigenvalue weighted by Crippen LogP contribution is 2.27. The van der Waals surface area contributed by atoms with Crippen molar-refractivity contribution in [3.63, 3.8) is 0 Å². The van der Waals surface area contributed by atoms with Crippen molar-refractivity contribution in [2.75, 3.05) is 0 Å². The van der Waals surface area contributed by atoms with Crippen LogP contribution in [0.2, 0.25) is 5.02 Å². The van der Waals surface area contributed by atoms with E-state index >= 15 is 0 Å². The summed E-state index contributed by atoms with van der Waals surface area (Å²) in [7, 11) is -3.90. The number of rotatable bonds is 6. The van der Waals surface area contributed by atoms with Crippen LogP contribution in [0.25, 0.3) is 27.9 Å². The largest absolute Gasteiger partial charge is 0.508 e. The number of sulfonamides is 1. The third-order valence-electron chi connectivity index (χ3n) is 5.66. The molecule has 13 heteroatoms. The molecule has 3 aromatic carbocycles. The van der Waals surface area contributed by atoms with Crippen molar-refractivity contribution in [1.29, 1.82) is 0 Å². The molecule has 2 aromatic heterocycles. The summed E-state index contributed by atoms with van der Waals surface area (Å²) in [5.74, 6) is -0.654. The lowest BCUT2D eigenvalue weighted by Crippen LogP contribution is -2.19. The van der Waals surface area contributed by atoms with Crippen LogP contribution in [0.4, 0.5) is 0 Å². The van der Waals surface area contributed by atoms with Crippen LogP contribution in [-0.2, 0) is 10.0 Å². The van der Waals surface area contributed by atoms with E-state index in [9.17, 15) is 23.1 Å². The second-order valence-electron chi connectivity index (χ2n) is 8.22. The van der Waals surface area contributed by atoms with Gasteiger partial charge >= 0.3 is 5.63 Å². The molecule has 0 saturated heterocycles. The van der Waals surface area contributed by atoms with Gasteiger partial charge in [0.25, 0.3) is 5.91 Å². The molecular formula is C26H18ClN5O6S. The Morgan fingerprint density at radius 3 is 2.46 bits per heavy atom. The summed E-state index contributed by atoms with van der Waals surface area (Å²) < 4.78 is 29.9. The molecule has 0 saturated carbocycles. The Morgan fingerprint density at radius 2 is 1.77 bits per heavy atom. The number of nitrogens with one attached hydrogen (secondary N) is 1. The zero-order valence-corrected chi connectivity index (χ0v) is 21.3. The summed E-state index contributed by atoms with van der Waals surface area (Å²) in [6, 6.07) is 20.0. The number of primary sulfonamides is 1. The second-order valence-corrected chi connectivity index (χ2v) is 10.2. The summed E-state index contributed by atoms with van der Waals surface area (Å²) >= 11 is 6.35. The van der Waals surface area contributed by atoms with Crippen molar-refractivity contribution < 1.29 is 22.7 Å². The van der Waals surface area contributed by atoms with Crippen LogP contribution in [0.1, 0.15) is 16.1 Å². The summed E-state index contributed by atoms with van der Waals surface area (Å²) in [4.78, 5) is 25.2. The number of para-hydroxylation sites is 1. The highest BCUT2D eigenvalue weighted by atomic mass is 35.5. The number of aromatic hydroxyl groups is 1. The first-order valence-electron chi connectivity index (χ1n) is 11.2. The van der Waals surface area contributed by atoms with Crippen molar-refractivity contribution >= 4 is 44.7 Å². The van der Waals surface area contributed by atoms with Crippen LogP contribution >= 0.6 is 11.6 Å². The quantitative estimate of drug-likeness (QED) is 0.161. The van der Waals surface area contributed by atoms with Gasteiger partial charge < -0.3 is 9.52 Å². The van der Waals surface area contributed by atoms with E-state index in [1.165, 1.54) is 47.1 Å². The Labute approximate surface area is 225 Å². The van der Waals surface area contributed by atoms with Crippen LogP contribution in [-0.4, -0.2) is 35.4 Å². The third kappa shape index (κ3) is 5.29. The number of aromatic nitrogens is 2. The number of hydrazone groups is 1. The molecule has 0 aliphatic heterocycles. The van der Waals surface area contributed by atoms with Gasteiger partial charge in [0, 0.05) is 10.9 Å². The summed E-state index contributed by atoms with van der Waals surface area (Å²) in [5, 5.41) is 23.7. The van der Waals surface area contributed by atoms with Crippen LogP contribution in [0.15, 0.2) is 98.1 Å². The minimum atomic E-state index is -3.90. The molecule has 0 aliphatic rings. The number of carbonyl (C=O) groups excluding carboxylic acids is 1. The first-order valence-corrected chi connectivity index (χ1v) is 13.1. The second kappa shape index (κ2) is 10.2. The van der Waals surface area contributed by atoms with E-state index in [1.807, 2.05) is 0 Å². The molecule has 0 atom stereocenters. The number of nitrogens with two attached hydrogens (primary N) is 1. The number of carbonyl (C=O) groups is 1. The molecule has 4 N–H and O–H groups in total. The van der Waals surface area contributed by atoms with E-state index in [4.69, 9.17) is 21.2 Å². The number of nitrogens with zero attached hydrogens (tertiary/aromatic N) is 3. The molecule has 0 aliphatic carbocycles. The van der Waals surface area contributed by atoms with Gasteiger partial charge in [0.2, 0.25) is 10.0 Å². The number of hydrogen-bond donors (Lipinski definition) is 3. The third-order valence-corrected chi connectivity index (χ3v) is 6.99. The molecule has 39 heavy (non-hydrogen) atoms. The van der Waals surface area contributed by atoms with Gasteiger partial charge in [-0.15, -0.1) is 0 Å². The Morgan fingerprint density at radius 1 is 1.08 bits per heavy atom. The van der Waals surface area contributed by atoms with Crippen molar-refractivity contribution in [3.8, 4) is 22.7 Å². The summed E-state index contributed by atoms with van der Waals surface area (Å²) in [6.45, 7) is 0. The van der Waals surface area contributed by atoms with E-state index in [-0.39, 0.29) is 26.9 Å². The summed E-state index contributed by atoms with van der Waals surface area (Å²) in [5.41, 5.74) is 3.34. The normalized spacial score (nSPS) is 11.7. The lowest BCUT2D eigenvalue weighted by molar-refractivity contribution is 0.0949. The number of amides is 1. The SMILES string of the molecule is NS(=O)(=O)c1ccc(-n2nc(C(=O)N/N=C/c3c(Cl)c4ccccc4oc3=O)cc2-c2ccc(O)cc2)cc1. The number of benzene rings is 3. The van der Waals surface area contributed by atoms with Crippen LogP contribution < -0.4 is 16.2 Å². The van der Waals surface area contributed by atoms with Gasteiger partial charge in [0.05, 0.1) is 33.1 Å². The van der Waals surface area contributed by atoms with Crippen LogP contribution in [0, 0.1) is 0 Å². The van der Waals surface area contributed by atoms with Gasteiger partial charge in [0.1, 0.15) is 11.3 Å². The highest BCUT2D eigenvalue weighted by molar-refractivity contribution is 7.89. The predicted molar refractivity (Wildman–Crippen MR) is 145 cm³/mol. The first kappa shape index (κ1) is 25.9. The summed E-state index contributed by atoms with van der Waals surface area (Å²) in [6.07, 6.45) is 1.09. The van der Waals surface area contributed by atoms with Crippen molar-refractivity contribution in [3.05, 3.63) is 106 Å². The molecule has 1 amide bonds. The Balaban J connectivity index is 1.47. The van der Waals surface area contributed by atoms with E-state index in [2.05, 4.69) is 15.6 Å². The van der Waals surface area contributed by atoms with Crippen LogP contribution in [0.3, 0.4) is 0 Å². The zero-order chi connectivity index (χ0) is 27.7. The Hall–Kier alpha value is -4.78. The fourth-order valence-electron chi connectivity index (χ4n) is 3.75. The van der Waals surface area contributed by atoms with Gasteiger partial charge in [-0.1, -0.05) is 23.7 Å². The van der Waals surface area contributed by atoms with Crippen molar-refractivity contribution in [2.45, 2.75) is 4.90 Å². The van der Waals surface area contributed by atoms with Gasteiger partial charge in [-0.2, -0.15) is 10.2 Å². The smallest absolute Gasteiger partial charge is 0.346 e. The Bertz CT molecular complexity index is 1910. The fourth-order valence-corrected chi connectivity index (χ4v) is 4.55. The minimum Gasteiger partial charge on any atom is -0.508 e. The molecule has 196 valence electrons. The average molecular weight is 564 g/mol. The number of fused-ring (bicyclic) bond motifs is 1. The van der Waals surface area contributed by atoms with Crippen molar-refractivity contribution in [1.82, 2.24) is 15.2 Å². The molecule has 5 rings (SSSR count). The van der Waals surface area contributed by atoms with E-state index in [1.54, 1.807) is 36.4 Å². The van der Waals surface area contributed by atoms with E-state index < -0.39 is 21.6 Å². The van der Waals surface area contributed by atoms with Gasteiger partial charge in [-0.3, -0.25) is 4.79 Å². The number of halogens is 1. The molecule has 11 nitrogen and oxygen atoms in total. The molecule has 2 heterocycles. The molecule has 5 aromatic rings. The molecule has 0 fully saturated rings. The predicted octanol–water partition coefficient (Wildman–Crippen LogP) is 3.42. The average Bonchev–Trinajstić information content (AvgIpc) is 3.36. The van der Waals surface area contributed by atoms with Gasteiger partial charge in [0.15, 0.2) is 5.69 Å². The Kier molecular flexibility index (Phi) is 6.74. The van der Waals surface area contributed by atoms with E-state index in [0.29, 0.717) is 27.9 Å². The molecule has 0 unspecified atom stereocenters. The lowest BCUT2D eigenvalue weighted by Gasteiger charge is -2.08. The minimum absolute atomic E-state index is 0.0395. The van der Waals surface area contributed by atoms with Crippen molar-refractivity contribution in [2.24, 2.45) is 10.2 Å². The van der Waals surface area contributed by atoms with Gasteiger partial charge in [-0.25, -0.2) is 28.5 Å². The number of phenolic OH excluding ortho intramolecular Hbond substituents is 1. The monoisotopic (exact) mass is 563 g/mol. The molecule has 0 spiro atoms. The van der Waals surface area contributed by atoms with E-state index in [0.717, 1.165) is 6.21 Å². The molecular weight excluding hydrogens is 546 g/mol. The highest BCUT2D eigenvalue weighted by Gasteiger charge is 2.18. The number of phenols is 1. The number of hydrogen-bond acceptors (Lipinski definition) is 8. The van der Waals surface area contributed by atoms with Gasteiger partial charge in [-0.05, 0) is 66.7 Å². The standard InChI is InChI=1S/C26H18ClN5O6S/c27-24-19-3-1-2-4-23(19)38-26(35)20(24)14-29-30-25(34)21-13-22(15-5-9-17(33)10-6-15)32(31-21)16-7-11-18(12-8-16)39(28,36)37/h1-14,33H,(H,30,34)(H2,28,36,37)/b29-14+. The fraction of sp³-hybridized carbons (Fsp3) is 0. The van der Waals surface area contributed by atoms with Crippen LogP contribution in [0.5, 0.6) is 5.75 Å². The zero-order valence-electron chi connectivity index (χ0n) is 19.8. The lowest BCUT2D eigenvalue weighted by atomic mass is 10.1. The maximum absolute atomic E-state index is 12.9. The molecule has 0 radical (unpaired) electrons.